The van der Waals surface area contributed by atoms with Crippen molar-refractivity contribution >= 4 is 50.9 Å². The number of pyridine rings is 1. The second kappa shape index (κ2) is 11.0. The van der Waals surface area contributed by atoms with E-state index in [1.807, 2.05) is 22.4 Å². The van der Waals surface area contributed by atoms with Crippen LogP contribution in [0.1, 0.15) is 30.6 Å². The van der Waals surface area contributed by atoms with Gasteiger partial charge >= 0.3 is 0 Å². The molecule has 1 unspecified atom stereocenters. The molecule has 1 atom stereocenters. The number of fused-ring (bicyclic) bond motifs is 1. The number of thiophene rings is 1. The van der Waals surface area contributed by atoms with Crippen molar-refractivity contribution < 1.29 is 8.94 Å². The minimum Gasteiger partial charge on any atom is -0.611 e. The molecular weight excluding hydrogens is 523 g/mol. The van der Waals surface area contributed by atoms with Gasteiger partial charge in [-0.1, -0.05) is 0 Å². The SMILES string of the molecule is O=c1ccc2cnc(Nc3ccc(N4CCNCC4)c(F)c3)nc2n1Cc1sccc1[S+]([O-])C1CCCC1. The van der Waals surface area contributed by atoms with Crippen molar-refractivity contribution in [2.45, 2.75) is 42.4 Å². The summed E-state index contributed by atoms with van der Waals surface area (Å²) in [5.74, 6) is -0.0396. The highest BCUT2D eigenvalue weighted by atomic mass is 32.2. The molecule has 2 fully saturated rings. The molecule has 4 aromatic rings. The normalized spacial score (nSPS) is 17.3. The van der Waals surface area contributed by atoms with Crippen LogP contribution in [0.2, 0.25) is 0 Å². The van der Waals surface area contributed by atoms with Gasteiger partial charge < -0.3 is 20.1 Å². The third-order valence-electron chi connectivity index (χ3n) is 7.21. The second-order valence-electron chi connectivity index (χ2n) is 9.67. The third kappa shape index (κ3) is 5.15. The number of hydrogen-bond acceptors (Lipinski definition) is 8. The molecule has 3 aromatic heterocycles. The van der Waals surface area contributed by atoms with Gasteiger partial charge in [0.05, 0.1) is 17.1 Å². The van der Waals surface area contributed by atoms with Gasteiger partial charge in [0.2, 0.25) is 5.95 Å². The predicted molar refractivity (Wildman–Crippen MR) is 151 cm³/mol. The summed E-state index contributed by atoms with van der Waals surface area (Å²) in [6.45, 7) is 3.46. The standard InChI is InChI=1S/C27H29FN6O2S2/c28-21-15-19(6-7-22(21)33-12-10-29-11-13-33)31-27-30-16-18-5-8-25(35)34(26(18)32-27)17-23-24(9-14-37-23)38(36)20-3-1-2-4-20/h5-9,14-16,20,29H,1-4,10-13,17H2,(H,30,31,32). The average molecular weight is 553 g/mol. The lowest BCUT2D eigenvalue weighted by molar-refractivity contribution is 0.566. The number of piperazine rings is 1. The van der Waals surface area contributed by atoms with Gasteiger partial charge in [0, 0.05) is 55.6 Å². The molecule has 2 aliphatic rings. The first kappa shape index (κ1) is 25.3. The largest absolute Gasteiger partial charge is 0.611 e. The van der Waals surface area contributed by atoms with Crippen molar-refractivity contribution in [3.05, 3.63) is 69.0 Å². The van der Waals surface area contributed by atoms with Crippen LogP contribution < -0.4 is 21.1 Å². The Morgan fingerprint density at radius 1 is 1.16 bits per heavy atom. The maximum absolute atomic E-state index is 14.9. The van der Waals surface area contributed by atoms with Crippen molar-refractivity contribution in [3.8, 4) is 0 Å². The summed E-state index contributed by atoms with van der Waals surface area (Å²) in [4.78, 5) is 25.7. The molecule has 0 radical (unpaired) electrons. The van der Waals surface area contributed by atoms with Crippen molar-refractivity contribution in [1.29, 1.82) is 0 Å². The molecule has 38 heavy (non-hydrogen) atoms. The lowest BCUT2D eigenvalue weighted by Crippen LogP contribution is -2.43. The van der Waals surface area contributed by atoms with Crippen LogP contribution in [0.5, 0.6) is 0 Å². The summed E-state index contributed by atoms with van der Waals surface area (Å²) in [7, 11) is 0. The zero-order chi connectivity index (χ0) is 26.1. The summed E-state index contributed by atoms with van der Waals surface area (Å²) in [6.07, 6.45) is 5.85. The molecule has 0 amide bonds. The Labute approximate surface area is 227 Å². The molecule has 1 saturated carbocycles. The average Bonchev–Trinajstić information content (AvgIpc) is 3.63. The summed E-state index contributed by atoms with van der Waals surface area (Å²) in [5, 5.41) is 9.20. The molecular formula is C27H29FN6O2S2. The van der Waals surface area contributed by atoms with E-state index in [2.05, 4.69) is 20.6 Å². The molecule has 4 heterocycles. The topological polar surface area (TPSA) is 98.1 Å². The fourth-order valence-corrected chi connectivity index (χ4v) is 8.05. The molecule has 2 N–H and O–H groups in total. The highest BCUT2D eigenvalue weighted by Gasteiger charge is 2.31. The molecule has 8 nitrogen and oxygen atoms in total. The van der Waals surface area contributed by atoms with E-state index in [0.29, 0.717) is 22.4 Å². The van der Waals surface area contributed by atoms with Crippen molar-refractivity contribution in [1.82, 2.24) is 19.9 Å². The van der Waals surface area contributed by atoms with E-state index in [-0.39, 0.29) is 29.1 Å². The molecule has 0 spiro atoms. The van der Waals surface area contributed by atoms with Crippen molar-refractivity contribution in [2.75, 3.05) is 36.4 Å². The van der Waals surface area contributed by atoms with Gasteiger partial charge in [-0.15, -0.1) is 11.3 Å². The van der Waals surface area contributed by atoms with Crippen molar-refractivity contribution in [2.24, 2.45) is 0 Å². The number of rotatable bonds is 7. The molecule has 1 saturated heterocycles. The maximum atomic E-state index is 14.9. The molecule has 0 bridgehead atoms. The quantitative estimate of drug-likeness (QED) is 0.331. The zero-order valence-corrected chi connectivity index (χ0v) is 22.5. The van der Waals surface area contributed by atoms with Gasteiger partial charge in [-0.3, -0.25) is 9.36 Å². The Balaban J connectivity index is 1.27. The molecule has 11 heteroatoms. The van der Waals surface area contributed by atoms with E-state index < -0.39 is 11.2 Å². The van der Waals surface area contributed by atoms with Gasteiger partial charge in [0.15, 0.2) is 4.90 Å². The van der Waals surface area contributed by atoms with E-state index in [4.69, 9.17) is 0 Å². The van der Waals surface area contributed by atoms with Crippen LogP contribution in [-0.2, 0) is 17.7 Å². The highest BCUT2D eigenvalue weighted by Crippen LogP contribution is 2.33. The van der Waals surface area contributed by atoms with Crippen LogP contribution in [0.3, 0.4) is 0 Å². The Hall–Kier alpha value is -2.99. The van der Waals surface area contributed by atoms with Crippen LogP contribution in [0, 0.1) is 5.82 Å². The maximum Gasteiger partial charge on any atom is 0.252 e. The minimum atomic E-state index is -1.08. The van der Waals surface area contributed by atoms with E-state index in [1.54, 1.807) is 22.9 Å². The molecule has 1 aliphatic carbocycles. The fraction of sp³-hybridized carbons (Fsp3) is 0.370. The lowest BCUT2D eigenvalue weighted by Gasteiger charge is -2.29. The van der Waals surface area contributed by atoms with Crippen molar-refractivity contribution in [3.63, 3.8) is 0 Å². The molecule has 1 aromatic carbocycles. The van der Waals surface area contributed by atoms with E-state index in [9.17, 15) is 13.7 Å². The zero-order valence-electron chi connectivity index (χ0n) is 20.9. The van der Waals surface area contributed by atoms with Crippen LogP contribution in [0.15, 0.2) is 57.7 Å². The van der Waals surface area contributed by atoms with Crippen LogP contribution in [-0.4, -0.2) is 50.5 Å². The first-order valence-electron chi connectivity index (χ1n) is 12.9. The minimum absolute atomic E-state index is 0.184. The van der Waals surface area contributed by atoms with E-state index >= 15 is 0 Å². The molecule has 198 valence electrons. The van der Waals surface area contributed by atoms with E-state index in [0.717, 1.165) is 61.6 Å². The number of nitrogens with one attached hydrogen (secondary N) is 2. The summed E-state index contributed by atoms with van der Waals surface area (Å²) in [6, 6.07) is 10.1. The molecule has 6 rings (SSSR count). The first-order chi connectivity index (χ1) is 18.6. The lowest BCUT2D eigenvalue weighted by atomic mass is 10.2. The Morgan fingerprint density at radius 3 is 2.76 bits per heavy atom. The Bertz CT molecular complexity index is 1500. The monoisotopic (exact) mass is 552 g/mol. The summed E-state index contributed by atoms with van der Waals surface area (Å²) >= 11 is 0.426. The van der Waals surface area contributed by atoms with Crippen LogP contribution >= 0.6 is 11.3 Å². The number of benzene rings is 1. The number of nitrogens with zero attached hydrogens (tertiary/aromatic N) is 4. The van der Waals surface area contributed by atoms with Gasteiger partial charge in [0.25, 0.3) is 5.56 Å². The van der Waals surface area contributed by atoms with Gasteiger partial charge in [0.1, 0.15) is 16.7 Å². The molecule has 1 aliphatic heterocycles. The summed E-state index contributed by atoms with van der Waals surface area (Å²) < 4.78 is 29.8. The van der Waals surface area contributed by atoms with Crippen LogP contribution in [0.4, 0.5) is 21.7 Å². The number of hydrogen-bond donors (Lipinski definition) is 2. The smallest absolute Gasteiger partial charge is 0.252 e. The van der Waals surface area contributed by atoms with Crippen LogP contribution in [0.25, 0.3) is 11.0 Å². The number of halogens is 1. The second-order valence-corrected chi connectivity index (χ2v) is 12.4. The first-order valence-corrected chi connectivity index (χ1v) is 15.0. The van der Waals surface area contributed by atoms with E-state index in [1.165, 1.54) is 23.5 Å². The number of aromatic nitrogens is 3. The fourth-order valence-electron chi connectivity index (χ4n) is 5.21. The van der Waals surface area contributed by atoms with Gasteiger partial charge in [-0.2, -0.15) is 4.98 Å². The predicted octanol–water partition coefficient (Wildman–Crippen LogP) is 4.24. The summed E-state index contributed by atoms with van der Waals surface area (Å²) in [5.41, 5.74) is 1.38. The number of anilines is 3. The van der Waals surface area contributed by atoms with Gasteiger partial charge in [-0.05, 0) is 66.5 Å². The Morgan fingerprint density at radius 2 is 1.97 bits per heavy atom. The Kier molecular flexibility index (Phi) is 7.33. The highest BCUT2D eigenvalue weighted by molar-refractivity contribution is 7.92. The third-order valence-corrected chi connectivity index (χ3v) is 10.1. The van der Waals surface area contributed by atoms with Gasteiger partial charge in [-0.25, -0.2) is 9.37 Å².